The number of aliphatic hydroxyl groups excluding tert-OH is 1. The lowest BCUT2D eigenvalue weighted by Gasteiger charge is -2.33. The quantitative estimate of drug-likeness (QED) is 0.708. The molecule has 0 saturated carbocycles. The van der Waals surface area contributed by atoms with E-state index < -0.39 is 6.10 Å². The van der Waals surface area contributed by atoms with Crippen molar-refractivity contribution in [3.05, 3.63) is 65.1 Å². The molecule has 4 rings (SSSR count). The second-order valence-electron chi connectivity index (χ2n) is 8.48. The van der Waals surface area contributed by atoms with Gasteiger partial charge in [-0.2, -0.15) is 0 Å². The Kier molecular flexibility index (Phi) is 5.62. The molecule has 2 aromatic heterocycles. The molecule has 0 fully saturated rings. The van der Waals surface area contributed by atoms with Crippen LogP contribution in [0.3, 0.4) is 0 Å². The van der Waals surface area contributed by atoms with Crippen LogP contribution in [-0.2, 0) is 24.3 Å². The number of rotatable bonds is 5. The summed E-state index contributed by atoms with van der Waals surface area (Å²) in [6, 6.07) is 10.1. The second kappa shape index (κ2) is 8.20. The minimum absolute atomic E-state index is 0.131. The third-order valence-corrected chi connectivity index (χ3v) is 6.23. The number of amides is 1. The number of aryl methyl sites for hydroxylation is 1. The molecule has 3 heterocycles. The van der Waals surface area contributed by atoms with Crippen LogP contribution in [0.1, 0.15) is 35.4 Å². The number of hydrogen-bond acceptors (Lipinski definition) is 4. The normalized spacial score (nSPS) is 16.3. The maximum absolute atomic E-state index is 12.5. The molecule has 1 amide bonds. The lowest BCUT2D eigenvalue weighted by molar-refractivity contribution is -0.134. The molecule has 6 heteroatoms. The Morgan fingerprint density at radius 3 is 2.67 bits per heavy atom. The summed E-state index contributed by atoms with van der Waals surface area (Å²) in [5.41, 5.74) is 5.78. The Hall–Kier alpha value is -2.70. The molecular weight excluding hydrogens is 376 g/mol. The predicted molar refractivity (Wildman–Crippen MR) is 118 cm³/mol. The molecule has 1 aliphatic heterocycles. The largest absolute Gasteiger partial charge is 0.387 e. The van der Waals surface area contributed by atoms with Crippen molar-refractivity contribution in [1.29, 1.82) is 0 Å². The summed E-state index contributed by atoms with van der Waals surface area (Å²) in [5.74, 6) is 0.131. The van der Waals surface area contributed by atoms with Gasteiger partial charge in [-0.25, -0.2) is 0 Å². The van der Waals surface area contributed by atoms with Crippen LogP contribution in [0.5, 0.6) is 0 Å². The summed E-state index contributed by atoms with van der Waals surface area (Å²) in [6.45, 7) is 6.17. The van der Waals surface area contributed by atoms with Crippen LogP contribution in [0.2, 0.25) is 0 Å². The van der Waals surface area contributed by atoms with Crippen molar-refractivity contribution in [2.45, 2.75) is 45.5 Å². The first kappa shape index (κ1) is 20.6. The topological polar surface area (TPSA) is 61.6 Å². The molecule has 1 aromatic carbocycles. The van der Waals surface area contributed by atoms with Crippen LogP contribution in [0, 0.1) is 6.92 Å². The monoisotopic (exact) mass is 406 g/mol. The Morgan fingerprint density at radius 2 is 1.97 bits per heavy atom. The summed E-state index contributed by atoms with van der Waals surface area (Å²) in [6.07, 6.45) is 3.69. The van der Waals surface area contributed by atoms with Gasteiger partial charge in [0, 0.05) is 62.6 Å². The number of fused-ring (bicyclic) bond motifs is 3. The van der Waals surface area contributed by atoms with Crippen molar-refractivity contribution in [2.75, 3.05) is 20.6 Å². The lowest BCUT2D eigenvalue weighted by Crippen LogP contribution is -2.46. The summed E-state index contributed by atoms with van der Waals surface area (Å²) in [4.78, 5) is 20.5. The highest BCUT2D eigenvalue weighted by molar-refractivity contribution is 5.87. The molecule has 2 atom stereocenters. The van der Waals surface area contributed by atoms with E-state index in [9.17, 15) is 9.90 Å². The van der Waals surface area contributed by atoms with Gasteiger partial charge in [-0.3, -0.25) is 14.7 Å². The highest BCUT2D eigenvalue weighted by Crippen LogP contribution is 2.34. The average Bonchev–Trinajstić information content (AvgIpc) is 3.05. The van der Waals surface area contributed by atoms with Gasteiger partial charge in [0.05, 0.1) is 18.7 Å². The van der Waals surface area contributed by atoms with Crippen LogP contribution >= 0.6 is 0 Å². The van der Waals surface area contributed by atoms with Gasteiger partial charge in [0.2, 0.25) is 5.91 Å². The van der Waals surface area contributed by atoms with E-state index in [1.165, 1.54) is 22.2 Å². The number of likely N-dealkylation sites (N-methyl/N-ethyl adjacent to an activating group) is 1. The van der Waals surface area contributed by atoms with Crippen molar-refractivity contribution < 1.29 is 9.90 Å². The van der Waals surface area contributed by atoms with Crippen LogP contribution in [-0.4, -0.2) is 57.0 Å². The van der Waals surface area contributed by atoms with Crippen molar-refractivity contribution in [2.24, 2.45) is 0 Å². The summed E-state index contributed by atoms with van der Waals surface area (Å²) in [5, 5.41) is 12.1. The van der Waals surface area contributed by atoms with Crippen molar-refractivity contribution in [1.82, 2.24) is 19.4 Å². The fourth-order valence-corrected chi connectivity index (χ4v) is 4.52. The number of nitrogens with zero attached hydrogens (tertiary/aromatic N) is 4. The molecule has 0 aliphatic carbocycles. The highest BCUT2D eigenvalue weighted by Gasteiger charge is 2.30. The third kappa shape index (κ3) is 3.73. The Bertz CT molecular complexity index is 1060. The zero-order valence-electron chi connectivity index (χ0n) is 18.2. The van der Waals surface area contributed by atoms with Crippen LogP contribution in [0.15, 0.2) is 42.7 Å². The molecule has 0 radical (unpaired) electrons. The van der Waals surface area contributed by atoms with E-state index >= 15 is 0 Å². The van der Waals surface area contributed by atoms with Gasteiger partial charge in [-0.15, -0.1) is 0 Å². The van der Waals surface area contributed by atoms with Gasteiger partial charge in [0.25, 0.3) is 0 Å². The number of pyridine rings is 1. The smallest absolute Gasteiger partial charge is 0.239 e. The molecule has 0 saturated heterocycles. The van der Waals surface area contributed by atoms with Crippen molar-refractivity contribution >= 4 is 16.8 Å². The molecule has 0 bridgehead atoms. The number of carbonyl (C=O) groups excluding carboxylic acids is 1. The maximum Gasteiger partial charge on any atom is 0.239 e. The molecule has 2 unspecified atom stereocenters. The lowest BCUT2D eigenvalue weighted by atomic mass is 10.0. The minimum Gasteiger partial charge on any atom is -0.387 e. The zero-order chi connectivity index (χ0) is 21.4. The molecule has 1 aliphatic rings. The van der Waals surface area contributed by atoms with Gasteiger partial charge in [0.1, 0.15) is 0 Å². The number of carbonyl (C=O) groups is 1. The van der Waals surface area contributed by atoms with E-state index in [1.807, 2.05) is 33.2 Å². The summed E-state index contributed by atoms with van der Waals surface area (Å²) in [7, 11) is 3.62. The zero-order valence-corrected chi connectivity index (χ0v) is 18.2. The SMILES string of the molecule is Cc1ccc2c(c1)c1c(n2CC(O)c2ccncc2)CCN(C(C)C(=O)N(C)C)C1. The second-order valence-corrected chi connectivity index (χ2v) is 8.48. The van der Waals surface area contributed by atoms with E-state index in [0.717, 1.165) is 30.6 Å². The van der Waals surface area contributed by atoms with Gasteiger partial charge >= 0.3 is 0 Å². The third-order valence-electron chi connectivity index (χ3n) is 6.23. The molecular formula is C24H30N4O2. The molecule has 30 heavy (non-hydrogen) atoms. The Labute approximate surface area is 177 Å². The van der Waals surface area contributed by atoms with Gasteiger partial charge in [0.15, 0.2) is 0 Å². The summed E-state index contributed by atoms with van der Waals surface area (Å²) < 4.78 is 2.27. The van der Waals surface area contributed by atoms with E-state index in [0.29, 0.717) is 6.54 Å². The fourth-order valence-electron chi connectivity index (χ4n) is 4.52. The van der Waals surface area contributed by atoms with E-state index in [4.69, 9.17) is 0 Å². The predicted octanol–water partition coefficient (Wildman–Crippen LogP) is 2.91. The van der Waals surface area contributed by atoms with E-state index in [1.54, 1.807) is 17.3 Å². The van der Waals surface area contributed by atoms with Gasteiger partial charge in [-0.1, -0.05) is 11.6 Å². The first-order chi connectivity index (χ1) is 14.4. The number of hydrogen-bond donors (Lipinski definition) is 1. The van der Waals surface area contributed by atoms with Crippen LogP contribution in [0.4, 0.5) is 0 Å². The van der Waals surface area contributed by atoms with E-state index in [-0.39, 0.29) is 11.9 Å². The minimum atomic E-state index is -0.596. The van der Waals surface area contributed by atoms with Crippen molar-refractivity contribution in [3.8, 4) is 0 Å². The molecule has 6 nitrogen and oxygen atoms in total. The first-order valence-electron chi connectivity index (χ1n) is 10.5. The van der Waals surface area contributed by atoms with Crippen LogP contribution in [0.25, 0.3) is 10.9 Å². The molecule has 0 spiro atoms. The maximum atomic E-state index is 12.5. The van der Waals surface area contributed by atoms with Crippen LogP contribution < -0.4 is 0 Å². The highest BCUT2D eigenvalue weighted by atomic mass is 16.3. The van der Waals surface area contributed by atoms with E-state index in [2.05, 4.69) is 39.6 Å². The summed E-state index contributed by atoms with van der Waals surface area (Å²) >= 11 is 0. The standard InChI is InChI=1S/C24H30N4O2/c1-16-5-6-21-19(13-16)20-14-27(17(2)24(30)26(3)4)12-9-22(20)28(21)15-23(29)18-7-10-25-11-8-18/h5-8,10-11,13,17,23,29H,9,12,14-15H2,1-4H3. The van der Waals surface area contributed by atoms with Crippen molar-refractivity contribution in [3.63, 3.8) is 0 Å². The molecule has 3 aromatic rings. The first-order valence-corrected chi connectivity index (χ1v) is 10.5. The molecule has 1 N–H and O–H groups in total. The number of aliphatic hydroxyl groups is 1. The Balaban J connectivity index is 1.71. The number of benzene rings is 1. The van der Waals surface area contributed by atoms with Gasteiger partial charge in [-0.05, 0) is 49.2 Å². The Morgan fingerprint density at radius 1 is 1.23 bits per heavy atom. The average molecular weight is 407 g/mol. The molecule has 158 valence electrons. The number of aromatic nitrogens is 2. The van der Waals surface area contributed by atoms with Gasteiger partial charge < -0.3 is 14.6 Å². The fraction of sp³-hybridized carbons (Fsp3) is 0.417.